The van der Waals surface area contributed by atoms with Crippen molar-refractivity contribution in [2.45, 2.75) is 92.6 Å². The van der Waals surface area contributed by atoms with Crippen LogP contribution in [0.4, 0.5) is 0 Å². The Kier molecular flexibility index (Phi) is 12.2. The molecule has 0 spiro atoms. The third kappa shape index (κ3) is 9.15. The molecule has 45 heavy (non-hydrogen) atoms. The summed E-state index contributed by atoms with van der Waals surface area (Å²) < 4.78 is 6.56. The summed E-state index contributed by atoms with van der Waals surface area (Å²) in [6.45, 7) is 16.5. The van der Waals surface area contributed by atoms with E-state index in [0.717, 1.165) is 24.1 Å². The molecular weight excluding hydrogens is 554 g/mol. The fourth-order valence-corrected chi connectivity index (χ4v) is 6.30. The van der Waals surface area contributed by atoms with E-state index in [1.807, 2.05) is 60.7 Å². The van der Waals surface area contributed by atoms with Crippen LogP contribution in [0.15, 0.2) is 97.1 Å². The molecule has 4 nitrogen and oxygen atoms in total. The second-order valence-corrected chi connectivity index (χ2v) is 13.2. The molecule has 4 rings (SSSR count). The van der Waals surface area contributed by atoms with Gasteiger partial charge >= 0.3 is 5.97 Å². The van der Waals surface area contributed by atoms with Gasteiger partial charge in [-0.1, -0.05) is 123 Å². The van der Waals surface area contributed by atoms with Crippen molar-refractivity contribution in [3.05, 3.63) is 142 Å². The number of ether oxygens (including phenoxy) is 1. The van der Waals surface area contributed by atoms with Gasteiger partial charge in [0, 0.05) is 19.1 Å². The van der Waals surface area contributed by atoms with Crippen molar-refractivity contribution in [1.29, 1.82) is 0 Å². The van der Waals surface area contributed by atoms with Crippen LogP contribution in [-0.2, 0) is 22.6 Å². The molecular formula is C41H51NO3. The Balaban J connectivity index is 1.72. The average Bonchev–Trinajstić information content (AvgIpc) is 3.02. The number of hydrogen-bond acceptors (Lipinski definition) is 4. The first-order valence-corrected chi connectivity index (χ1v) is 16.4. The first-order valence-electron chi connectivity index (χ1n) is 16.4. The van der Waals surface area contributed by atoms with Gasteiger partial charge in [-0.3, -0.25) is 9.69 Å². The van der Waals surface area contributed by atoms with Gasteiger partial charge in [-0.05, 0) is 85.9 Å². The van der Waals surface area contributed by atoms with Gasteiger partial charge in [-0.15, -0.1) is 0 Å². The highest BCUT2D eigenvalue weighted by Crippen LogP contribution is 2.34. The van der Waals surface area contributed by atoms with Crippen molar-refractivity contribution < 1.29 is 14.6 Å². The van der Waals surface area contributed by atoms with Crippen molar-refractivity contribution in [3.63, 3.8) is 0 Å². The molecule has 0 unspecified atom stereocenters. The third-order valence-electron chi connectivity index (χ3n) is 9.10. The maximum atomic E-state index is 14.2. The monoisotopic (exact) mass is 605 g/mol. The number of esters is 1. The van der Waals surface area contributed by atoms with Gasteiger partial charge in [0.25, 0.3) is 0 Å². The average molecular weight is 606 g/mol. The molecule has 0 saturated heterocycles. The molecule has 4 aromatic rings. The van der Waals surface area contributed by atoms with Crippen molar-refractivity contribution in [2.75, 3.05) is 0 Å². The van der Waals surface area contributed by atoms with Gasteiger partial charge < -0.3 is 9.84 Å². The van der Waals surface area contributed by atoms with Crippen molar-refractivity contribution in [2.24, 2.45) is 11.8 Å². The molecule has 4 heteroatoms. The van der Waals surface area contributed by atoms with E-state index in [-0.39, 0.29) is 12.0 Å². The first kappa shape index (κ1) is 34.1. The molecule has 0 aliphatic carbocycles. The van der Waals surface area contributed by atoms with Crippen molar-refractivity contribution in [1.82, 2.24) is 4.90 Å². The summed E-state index contributed by atoms with van der Waals surface area (Å²) in [6.07, 6.45) is -0.0963. The predicted octanol–water partition coefficient (Wildman–Crippen LogP) is 9.38. The third-order valence-corrected chi connectivity index (χ3v) is 9.10. The fraction of sp³-hybridized carbons (Fsp3) is 0.390. The van der Waals surface area contributed by atoms with Gasteiger partial charge in [0.05, 0.1) is 12.0 Å². The molecule has 4 atom stereocenters. The van der Waals surface area contributed by atoms with Gasteiger partial charge in [0.15, 0.2) is 0 Å². The Bertz CT molecular complexity index is 1490. The van der Waals surface area contributed by atoms with E-state index >= 15 is 0 Å². The predicted molar refractivity (Wildman–Crippen MR) is 185 cm³/mol. The number of carbonyl (C=O) groups is 1. The highest BCUT2D eigenvalue weighted by Gasteiger charge is 2.35. The normalized spacial score (nSPS) is 14.3. The summed E-state index contributed by atoms with van der Waals surface area (Å²) in [4.78, 5) is 16.6. The lowest BCUT2D eigenvalue weighted by Crippen LogP contribution is -2.40. The zero-order valence-electron chi connectivity index (χ0n) is 28.2. The Hall–Kier alpha value is -3.73. The topological polar surface area (TPSA) is 49.8 Å². The van der Waals surface area contributed by atoms with Crippen LogP contribution in [0.3, 0.4) is 0 Å². The molecule has 0 aromatic heterocycles. The highest BCUT2D eigenvalue weighted by atomic mass is 16.5. The Labute approximate surface area is 271 Å². The minimum Gasteiger partial charge on any atom is -0.456 e. The van der Waals surface area contributed by atoms with Crippen LogP contribution in [0.2, 0.25) is 0 Å². The smallest absolute Gasteiger partial charge is 0.312 e. The number of nitrogens with zero attached hydrogens (tertiary/aromatic N) is 1. The molecule has 0 aliphatic heterocycles. The number of aryl methyl sites for hydroxylation is 4. The fourth-order valence-electron chi connectivity index (χ4n) is 6.30. The van der Waals surface area contributed by atoms with Crippen LogP contribution >= 0.6 is 0 Å². The minimum atomic E-state index is -0.940. The van der Waals surface area contributed by atoms with Gasteiger partial charge in [0.2, 0.25) is 0 Å². The molecule has 0 bridgehead atoms. The van der Waals surface area contributed by atoms with Crippen LogP contribution in [-0.4, -0.2) is 22.0 Å². The Morgan fingerprint density at radius 2 is 1.27 bits per heavy atom. The molecule has 0 radical (unpaired) electrons. The molecule has 0 saturated carbocycles. The number of hydrogen-bond donors (Lipinski definition) is 1. The zero-order valence-corrected chi connectivity index (χ0v) is 28.2. The maximum absolute atomic E-state index is 14.2. The van der Waals surface area contributed by atoms with Crippen molar-refractivity contribution >= 4 is 5.97 Å². The molecule has 0 heterocycles. The Morgan fingerprint density at radius 1 is 0.711 bits per heavy atom. The lowest BCUT2D eigenvalue weighted by molar-refractivity contribution is -0.163. The van der Waals surface area contributed by atoms with E-state index in [4.69, 9.17) is 4.74 Å². The molecule has 4 aromatic carbocycles. The molecule has 0 aliphatic rings. The van der Waals surface area contributed by atoms with E-state index in [0.29, 0.717) is 18.9 Å². The molecule has 0 fully saturated rings. The number of benzene rings is 4. The summed E-state index contributed by atoms with van der Waals surface area (Å²) in [5.41, 5.74) is 9.26. The molecule has 238 valence electrons. The quantitative estimate of drug-likeness (QED) is 0.146. The van der Waals surface area contributed by atoms with E-state index in [1.54, 1.807) is 0 Å². The maximum Gasteiger partial charge on any atom is 0.312 e. The number of rotatable bonds is 14. The first-order chi connectivity index (χ1) is 21.5. The zero-order chi connectivity index (χ0) is 32.5. The summed E-state index contributed by atoms with van der Waals surface area (Å²) in [6, 6.07) is 32.4. The van der Waals surface area contributed by atoms with Crippen molar-refractivity contribution in [3.8, 4) is 0 Å². The van der Waals surface area contributed by atoms with E-state index in [2.05, 4.69) is 89.8 Å². The number of aliphatic hydroxyl groups is 1. The van der Waals surface area contributed by atoms with E-state index in [9.17, 15) is 9.90 Å². The number of carbonyl (C=O) groups excluding carboxylic acids is 1. The van der Waals surface area contributed by atoms with Gasteiger partial charge in [0.1, 0.15) is 6.10 Å². The Morgan fingerprint density at radius 3 is 1.84 bits per heavy atom. The van der Waals surface area contributed by atoms with Crippen LogP contribution in [0.5, 0.6) is 0 Å². The number of aliphatic hydroxyl groups excluding tert-OH is 1. The SMILES string of the molecule is Cc1cc(C)c(CN(Cc2ccccc2C)[C@@H](C)[C@H](OC(=O)[C@H](CCC(C)C)[C@@H](O)c2ccccc2)c2ccccc2)c(C)c1. The molecule has 1 N–H and O–H groups in total. The minimum absolute atomic E-state index is 0.157. The summed E-state index contributed by atoms with van der Waals surface area (Å²) in [5, 5.41) is 11.5. The van der Waals surface area contributed by atoms with E-state index < -0.39 is 18.1 Å². The lowest BCUT2D eigenvalue weighted by atomic mass is 9.89. The van der Waals surface area contributed by atoms with Crippen LogP contribution < -0.4 is 0 Å². The van der Waals surface area contributed by atoms with E-state index in [1.165, 1.54) is 33.4 Å². The summed E-state index contributed by atoms with van der Waals surface area (Å²) in [7, 11) is 0. The highest BCUT2D eigenvalue weighted by molar-refractivity contribution is 5.74. The lowest BCUT2D eigenvalue weighted by Gasteiger charge is -2.37. The second kappa shape index (κ2) is 16.0. The summed E-state index contributed by atoms with van der Waals surface area (Å²) >= 11 is 0. The standard InChI is InChI=1S/C41H51NO3/c1-28(2)22-23-37(39(43)34-17-10-8-11-18-34)41(44)45-40(35-19-12-9-13-20-35)33(7)42(26-36-21-15-14-16-30(36)4)27-38-31(5)24-29(3)25-32(38)6/h8-21,24-25,28,33,37,39-40,43H,22-23,26-27H2,1-7H3/t33-,37+,39-,40-/m0/s1. The van der Waals surface area contributed by atoms with Crippen LogP contribution in [0.1, 0.15) is 90.3 Å². The largest absolute Gasteiger partial charge is 0.456 e. The molecule has 0 amide bonds. The van der Waals surface area contributed by atoms with Gasteiger partial charge in [-0.25, -0.2) is 0 Å². The second-order valence-electron chi connectivity index (χ2n) is 13.2. The van der Waals surface area contributed by atoms with Gasteiger partial charge in [-0.2, -0.15) is 0 Å². The van der Waals surface area contributed by atoms with Crippen LogP contribution in [0, 0.1) is 39.5 Å². The van der Waals surface area contributed by atoms with Crippen LogP contribution in [0.25, 0.3) is 0 Å². The summed E-state index contributed by atoms with van der Waals surface area (Å²) in [5.74, 6) is -0.622.